The fourth-order valence-electron chi connectivity index (χ4n) is 3.67. The Hall–Kier alpha value is -1.66. The molecule has 1 fully saturated rings. The van der Waals surface area contributed by atoms with Gasteiger partial charge in [0.15, 0.2) is 5.96 Å². The number of sulfone groups is 1. The fraction of sp³-hybridized carbons (Fsp3) is 0.545. The number of hydrogen-bond donors (Lipinski definition) is 2. The summed E-state index contributed by atoms with van der Waals surface area (Å²) in [4.78, 5) is 11.5. The summed E-state index contributed by atoms with van der Waals surface area (Å²) in [7, 11) is -2.91. The number of rotatable bonds is 9. The second-order valence-electron chi connectivity index (χ2n) is 8.04. The Bertz CT molecular complexity index is 940. The second-order valence-corrected chi connectivity index (χ2v) is 10.3. The molecule has 0 bridgehead atoms. The van der Waals surface area contributed by atoms with E-state index >= 15 is 0 Å². The number of likely N-dealkylation sites (tertiary alicyclic amines) is 1. The molecule has 1 aliphatic heterocycles. The van der Waals surface area contributed by atoms with Crippen LogP contribution in [0.3, 0.4) is 0 Å². The van der Waals surface area contributed by atoms with Crippen molar-refractivity contribution < 1.29 is 8.42 Å². The van der Waals surface area contributed by atoms with Crippen LogP contribution < -0.4 is 10.6 Å². The molecule has 2 aromatic rings. The number of imidazole rings is 1. The average Bonchev–Trinajstić information content (AvgIpc) is 3.19. The van der Waals surface area contributed by atoms with Crippen molar-refractivity contribution in [3.8, 4) is 0 Å². The molecule has 2 heterocycles. The van der Waals surface area contributed by atoms with Crippen molar-refractivity contribution in [1.82, 2.24) is 25.1 Å². The number of aliphatic imine (C=N–C) groups is 1. The highest BCUT2D eigenvalue weighted by atomic mass is 127. The molecule has 1 aliphatic rings. The lowest BCUT2D eigenvalue weighted by molar-refractivity contribution is 0.216. The summed E-state index contributed by atoms with van der Waals surface area (Å²) in [6.45, 7) is 6.54. The van der Waals surface area contributed by atoms with Crippen LogP contribution in [0.1, 0.15) is 31.2 Å². The Morgan fingerprint density at radius 1 is 1.22 bits per heavy atom. The number of nitrogens with one attached hydrogen (secondary N) is 2. The summed E-state index contributed by atoms with van der Waals surface area (Å²) in [6.07, 6.45) is 7.05. The van der Waals surface area contributed by atoms with Crippen LogP contribution in [0.15, 0.2) is 47.7 Å². The average molecular weight is 575 g/mol. The number of aromatic nitrogens is 2. The van der Waals surface area contributed by atoms with E-state index in [1.807, 2.05) is 30.6 Å². The second kappa shape index (κ2) is 13.1. The molecule has 0 saturated carbocycles. The van der Waals surface area contributed by atoms with Crippen LogP contribution >= 0.6 is 24.0 Å². The number of benzene rings is 1. The summed E-state index contributed by atoms with van der Waals surface area (Å²) >= 11 is 0. The van der Waals surface area contributed by atoms with Gasteiger partial charge in [-0.2, -0.15) is 0 Å². The minimum atomic E-state index is -2.91. The minimum absolute atomic E-state index is 0. The monoisotopic (exact) mass is 574 g/mol. The fourth-order valence-corrected chi connectivity index (χ4v) is 4.26. The minimum Gasteiger partial charge on any atom is -0.357 e. The van der Waals surface area contributed by atoms with Crippen molar-refractivity contribution in [2.24, 2.45) is 4.99 Å². The molecular weight excluding hydrogens is 539 g/mol. The van der Waals surface area contributed by atoms with Gasteiger partial charge in [0, 0.05) is 57.4 Å². The summed E-state index contributed by atoms with van der Waals surface area (Å²) in [5.74, 6) is 1.95. The molecule has 1 aromatic heterocycles. The highest BCUT2D eigenvalue weighted by Gasteiger charge is 2.20. The van der Waals surface area contributed by atoms with Gasteiger partial charge in [0.25, 0.3) is 0 Å². The van der Waals surface area contributed by atoms with Crippen LogP contribution in [0.25, 0.3) is 0 Å². The smallest absolute Gasteiger partial charge is 0.191 e. The number of nitrogens with zero attached hydrogens (tertiary/aromatic N) is 4. The van der Waals surface area contributed by atoms with Gasteiger partial charge in [-0.1, -0.05) is 30.3 Å². The van der Waals surface area contributed by atoms with Crippen molar-refractivity contribution in [1.29, 1.82) is 0 Å². The third kappa shape index (κ3) is 9.07. The lowest BCUT2D eigenvalue weighted by atomic mass is 10.1. The van der Waals surface area contributed by atoms with Gasteiger partial charge in [-0.05, 0) is 25.3 Å². The zero-order chi connectivity index (χ0) is 22.1. The van der Waals surface area contributed by atoms with Gasteiger partial charge in [0.2, 0.25) is 0 Å². The molecule has 32 heavy (non-hydrogen) atoms. The molecule has 0 aliphatic carbocycles. The number of hydrogen-bond acceptors (Lipinski definition) is 5. The third-order valence-electron chi connectivity index (χ3n) is 5.43. The SMILES string of the molecule is CCNC(=NCc1nccn1Cc1ccccc1)NC1CCN(CCS(C)(=O)=O)CC1.I. The van der Waals surface area contributed by atoms with Crippen LogP contribution in [-0.2, 0) is 22.9 Å². The van der Waals surface area contributed by atoms with E-state index in [0.29, 0.717) is 19.1 Å². The normalized spacial score (nSPS) is 15.9. The molecule has 0 unspecified atom stereocenters. The Labute approximate surface area is 208 Å². The lowest BCUT2D eigenvalue weighted by Gasteiger charge is -2.32. The van der Waals surface area contributed by atoms with Crippen LogP contribution in [-0.4, -0.2) is 73.1 Å². The molecule has 0 spiro atoms. The van der Waals surface area contributed by atoms with Crippen molar-refractivity contribution >= 4 is 39.8 Å². The Morgan fingerprint density at radius 2 is 1.94 bits per heavy atom. The largest absolute Gasteiger partial charge is 0.357 e. The first-order chi connectivity index (χ1) is 14.9. The highest BCUT2D eigenvalue weighted by molar-refractivity contribution is 14.0. The molecule has 0 amide bonds. The van der Waals surface area contributed by atoms with Crippen LogP contribution in [0.4, 0.5) is 0 Å². The Kier molecular flexibility index (Phi) is 10.9. The third-order valence-corrected chi connectivity index (χ3v) is 6.35. The van der Waals surface area contributed by atoms with Gasteiger partial charge in [0.05, 0.1) is 5.75 Å². The first kappa shape index (κ1) is 26.6. The highest BCUT2D eigenvalue weighted by Crippen LogP contribution is 2.11. The van der Waals surface area contributed by atoms with E-state index in [9.17, 15) is 8.42 Å². The predicted molar refractivity (Wildman–Crippen MR) is 140 cm³/mol. The maximum atomic E-state index is 11.4. The first-order valence-electron chi connectivity index (χ1n) is 10.9. The van der Waals surface area contributed by atoms with Gasteiger partial charge < -0.3 is 20.1 Å². The van der Waals surface area contributed by atoms with Crippen molar-refractivity contribution in [2.45, 2.75) is 38.9 Å². The summed E-state index contributed by atoms with van der Waals surface area (Å²) in [6, 6.07) is 10.7. The number of piperidine rings is 1. The molecule has 8 nitrogen and oxygen atoms in total. The molecule has 1 aromatic carbocycles. The zero-order valence-corrected chi connectivity index (χ0v) is 22.1. The number of halogens is 1. The molecule has 0 atom stereocenters. The van der Waals surface area contributed by atoms with E-state index in [0.717, 1.165) is 50.8 Å². The predicted octanol–water partition coefficient (Wildman–Crippen LogP) is 2.11. The molecule has 2 N–H and O–H groups in total. The lowest BCUT2D eigenvalue weighted by Crippen LogP contribution is -2.49. The van der Waals surface area contributed by atoms with Crippen LogP contribution in [0.5, 0.6) is 0 Å². The van der Waals surface area contributed by atoms with E-state index < -0.39 is 9.84 Å². The van der Waals surface area contributed by atoms with Crippen LogP contribution in [0, 0.1) is 0 Å². The van der Waals surface area contributed by atoms with Gasteiger partial charge >= 0.3 is 0 Å². The molecular formula is C22H35IN6O2S. The van der Waals surface area contributed by atoms with Gasteiger partial charge in [-0.3, -0.25) is 0 Å². The quantitative estimate of drug-likeness (QED) is 0.271. The van der Waals surface area contributed by atoms with Crippen LogP contribution in [0.2, 0.25) is 0 Å². The topological polar surface area (TPSA) is 91.6 Å². The Morgan fingerprint density at radius 3 is 2.59 bits per heavy atom. The molecule has 178 valence electrons. The maximum absolute atomic E-state index is 11.4. The first-order valence-corrected chi connectivity index (χ1v) is 13.0. The van der Waals surface area contributed by atoms with E-state index in [4.69, 9.17) is 4.99 Å². The van der Waals surface area contributed by atoms with E-state index in [1.165, 1.54) is 11.8 Å². The molecule has 10 heteroatoms. The summed E-state index contributed by atoms with van der Waals surface area (Å²) < 4.78 is 24.9. The zero-order valence-electron chi connectivity index (χ0n) is 18.9. The molecule has 1 saturated heterocycles. The van der Waals surface area contributed by atoms with Gasteiger partial charge in [0.1, 0.15) is 22.2 Å². The number of guanidine groups is 1. The van der Waals surface area contributed by atoms with Gasteiger partial charge in [-0.15, -0.1) is 24.0 Å². The van der Waals surface area contributed by atoms with E-state index in [1.54, 1.807) is 0 Å². The van der Waals surface area contributed by atoms with Crippen molar-refractivity contribution in [3.05, 3.63) is 54.1 Å². The molecule has 3 rings (SSSR count). The standard InChI is InChI=1S/C22H34N6O2S.HI/c1-3-23-22(26-20-9-12-27(13-10-20)15-16-31(2,29)30)25-17-21-24-11-14-28(21)18-19-7-5-4-6-8-19;/h4-8,11,14,20H,3,9-10,12-13,15-18H2,1-2H3,(H2,23,25,26);1H. The molecule has 0 radical (unpaired) electrons. The maximum Gasteiger partial charge on any atom is 0.191 e. The van der Waals surface area contributed by atoms with Gasteiger partial charge in [-0.25, -0.2) is 18.4 Å². The van der Waals surface area contributed by atoms with E-state index in [2.05, 4.69) is 44.1 Å². The van der Waals surface area contributed by atoms with E-state index in [-0.39, 0.29) is 29.7 Å². The summed E-state index contributed by atoms with van der Waals surface area (Å²) in [5, 5.41) is 6.87. The summed E-state index contributed by atoms with van der Waals surface area (Å²) in [5.41, 5.74) is 1.23. The Balaban J connectivity index is 0.00000363. The van der Waals surface area contributed by atoms with Crippen molar-refractivity contribution in [3.63, 3.8) is 0 Å². The van der Waals surface area contributed by atoms with Crippen molar-refractivity contribution in [2.75, 3.05) is 38.2 Å².